The van der Waals surface area contributed by atoms with E-state index < -0.39 is 13.3 Å². The molecular weight excluding hydrogens is 628 g/mol. The van der Waals surface area contributed by atoms with Gasteiger partial charge >= 0.3 is 0 Å². The van der Waals surface area contributed by atoms with Crippen molar-refractivity contribution in [3.8, 4) is 0 Å². The second-order valence-electron chi connectivity index (χ2n) is 8.49. The van der Waals surface area contributed by atoms with Crippen molar-refractivity contribution in [1.82, 2.24) is 15.5 Å². The summed E-state index contributed by atoms with van der Waals surface area (Å²) < 4.78 is 12.1. The number of nitrogens with one attached hydrogen (secondary N) is 2. The van der Waals surface area contributed by atoms with E-state index in [2.05, 4.69) is 36.3 Å². The monoisotopic (exact) mass is 662 g/mol. The molecule has 2 aliphatic heterocycles. The first-order valence-electron chi connectivity index (χ1n) is 10.2. The van der Waals surface area contributed by atoms with Gasteiger partial charge in [0.2, 0.25) is 13.9 Å². The van der Waals surface area contributed by atoms with Crippen molar-refractivity contribution in [2.24, 2.45) is 11.8 Å². The van der Waals surface area contributed by atoms with Crippen molar-refractivity contribution in [2.75, 3.05) is 13.6 Å². The summed E-state index contributed by atoms with van der Waals surface area (Å²) in [6.45, 7) is 7.05. The third-order valence-corrected chi connectivity index (χ3v) is 7.82. The summed E-state index contributed by atoms with van der Waals surface area (Å²) in [7, 11) is -0.912. The average molecular weight is 662 g/mol. The molecule has 28 heavy (non-hydrogen) atoms. The summed E-state index contributed by atoms with van der Waals surface area (Å²) in [5, 5.41) is 5.72. The fraction of sp³-hybridized carbons (Fsp3) is 0.750. The second kappa shape index (κ2) is 8.93. The quantitative estimate of drug-likeness (QED) is 0.313. The number of rotatable bonds is 2. The van der Waals surface area contributed by atoms with Crippen LogP contribution in [0.2, 0.25) is 0 Å². The second-order valence-corrected chi connectivity index (χ2v) is 9.99. The number of hydrogen-bond acceptors (Lipinski definition) is 4. The minimum Gasteiger partial charge on any atom is -0.373 e. The van der Waals surface area contributed by atoms with Crippen molar-refractivity contribution in [3.63, 3.8) is 0 Å². The Morgan fingerprint density at radius 3 is 2.82 bits per heavy atom. The number of amides is 1. The van der Waals surface area contributed by atoms with Crippen molar-refractivity contribution >= 4 is 13.9 Å². The molecule has 154 valence electrons. The van der Waals surface area contributed by atoms with Crippen molar-refractivity contribution < 1.29 is 14.3 Å². The van der Waals surface area contributed by atoms with Crippen LogP contribution < -0.4 is 10.6 Å². The summed E-state index contributed by atoms with van der Waals surface area (Å²) in [6.07, 6.45) is 10.8. The van der Waals surface area contributed by atoms with E-state index in [-0.39, 0.29) is 23.9 Å². The van der Waals surface area contributed by atoms with E-state index in [1.54, 1.807) is 0 Å². The molecule has 0 aromatic carbocycles. The smallest absolute Gasteiger partial charge is 0.240 e. The van der Waals surface area contributed by atoms with Crippen LogP contribution >= 0.6 is 8.03 Å². The number of carbonyl (C=O) groups is 1. The van der Waals surface area contributed by atoms with Gasteiger partial charge in [-0.15, -0.1) is 0 Å². The average Bonchev–Trinajstić information content (AvgIpc) is 3.18. The molecule has 0 spiro atoms. The third-order valence-electron chi connectivity index (χ3n) is 6.35. The van der Waals surface area contributed by atoms with E-state index in [9.17, 15) is 14.3 Å². The van der Waals surface area contributed by atoms with Gasteiger partial charge in [-0.1, -0.05) is 38.5 Å². The van der Waals surface area contributed by atoms with E-state index in [1.807, 2.05) is 11.9 Å². The first-order valence-corrected chi connectivity index (χ1v) is 11.6. The summed E-state index contributed by atoms with van der Waals surface area (Å²) in [6, 6.07) is -0.289. The van der Waals surface area contributed by atoms with E-state index in [0.29, 0.717) is 24.6 Å². The molecule has 1 saturated heterocycles. The Kier molecular flexibility index (Phi) is 7.08. The van der Waals surface area contributed by atoms with E-state index in [1.165, 1.54) is 0 Å². The first kappa shape index (κ1) is 22.2. The molecule has 3 N–H and O–H groups in total. The molecule has 6 atom stereocenters. The number of hydrogen-bond donors (Lipinski definition) is 3. The zero-order valence-electron chi connectivity index (χ0n) is 17.2. The summed E-state index contributed by atoms with van der Waals surface area (Å²) in [4.78, 5) is 25.1. The van der Waals surface area contributed by atoms with Crippen LogP contribution in [0.3, 0.4) is 0 Å². The molecule has 0 radical (unpaired) electrons. The molecule has 3 rings (SSSR count). The SMILES string of the molecule is C=C1NC2([PH](=O)O)CC2/C=C\CCCCCC(NC)C(=O)N2CC(C)CC12.[Rf]. The Morgan fingerprint density at radius 2 is 2.14 bits per heavy atom. The van der Waals surface area contributed by atoms with Gasteiger partial charge in [0.1, 0.15) is 5.28 Å². The van der Waals surface area contributed by atoms with Crippen LogP contribution in [0.25, 0.3) is 0 Å². The van der Waals surface area contributed by atoms with Gasteiger partial charge in [-0.05, 0) is 45.1 Å². The molecule has 2 heterocycles. The molecule has 0 aromatic rings. The Labute approximate surface area is 163 Å². The van der Waals surface area contributed by atoms with Crippen LogP contribution in [0.4, 0.5) is 0 Å². The number of fused-ring (bicyclic) bond motifs is 2. The minimum absolute atomic E-state index is 0. The number of nitrogens with zero attached hydrogens (tertiary/aromatic N) is 1. The normalized spacial score (nSPS) is 38.8. The number of allylic oxidation sites excluding steroid dienone is 1. The van der Waals surface area contributed by atoms with Crippen LogP contribution in [-0.4, -0.2) is 46.7 Å². The van der Waals surface area contributed by atoms with Gasteiger partial charge in [0, 0.05) is 18.2 Å². The molecule has 1 saturated carbocycles. The molecule has 1 aliphatic carbocycles. The molecule has 6 unspecified atom stereocenters. The van der Waals surface area contributed by atoms with Crippen LogP contribution in [0.1, 0.15) is 51.9 Å². The third kappa shape index (κ3) is 4.31. The summed E-state index contributed by atoms with van der Waals surface area (Å²) >= 11 is 0. The fourth-order valence-corrected chi connectivity index (χ4v) is 5.67. The Morgan fingerprint density at radius 1 is 1.39 bits per heavy atom. The molecule has 1 amide bonds. The van der Waals surface area contributed by atoms with Crippen molar-refractivity contribution in [3.05, 3.63) is 24.4 Å². The Hall–Kier alpha value is -2.10. The molecule has 8 heteroatoms. The predicted octanol–water partition coefficient (Wildman–Crippen LogP) is 2.62. The van der Waals surface area contributed by atoms with E-state index in [4.69, 9.17) is 0 Å². The maximum absolute atomic E-state index is 13.2. The van der Waals surface area contributed by atoms with Crippen molar-refractivity contribution in [2.45, 2.75) is 69.2 Å². The van der Waals surface area contributed by atoms with Gasteiger partial charge in [0.15, 0.2) is 0 Å². The van der Waals surface area contributed by atoms with Crippen LogP contribution in [0.5, 0.6) is 0 Å². The summed E-state index contributed by atoms with van der Waals surface area (Å²) in [5.41, 5.74) is 0.709. The van der Waals surface area contributed by atoms with Crippen molar-refractivity contribution in [1.29, 1.82) is 0 Å². The van der Waals surface area contributed by atoms with Crippen LogP contribution in [0, 0.1) is 11.8 Å². The maximum atomic E-state index is 13.2. The first-order chi connectivity index (χ1) is 12.9. The predicted molar refractivity (Wildman–Crippen MR) is 109 cm³/mol. The number of likely N-dealkylation sites (N-methyl/N-ethyl adjacent to an activating group) is 1. The van der Waals surface area contributed by atoms with E-state index in [0.717, 1.165) is 38.5 Å². The number of carbonyl (C=O) groups excluding carboxylic acids is 1. The van der Waals surface area contributed by atoms with Gasteiger partial charge < -0.3 is 20.4 Å². The van der Waals surface area contributed by atoms with E-state index >= 15 is 0 Å². The Bertz CT molecular complexity index is 644. The fourth-order valence-electron chi connectivity index (χ4n) is 4.59. The molecule has 0 aromatic heterocycles. The van der Waals surface area contributed by atoms with Crippen LogP contribution in [0.15, 0.2) is 24.4 Å². The molecule has 3 aliphatic rings. The zero-order valence-corrected chi connectivity index (χ0v) is 24.6. The molecule has 6 nitrogen and oxygen atoms in total. The van der Waals surface area contributed by atoms with Gasteiger partial charge in [0.05, 0.1) is 12.1 Å². The van der Waals surface area contributed by atoms with Gasteiger partial charge in [-0.2, -0.15) is 0 Å². The topological polar surface area (TPSA) is 81.7 Å². The largest absolute Gasteiger partial charge is 0.373 e. The molecular formula is C20H34N3O3PRf. The summed E-state index contributed by atoms with van der Waals surface area (Å²) in [5.74, 6) is 0.593. The van der Waals surface area contributed by atoms with Crippen LogP contribution in [-0.2, 0) is 9.36 Å². The minimum atomic E-state index is -2.76. The van der Waals surface area contributed by atoms with Gasteiger partial charge in [0.25, 0.3) is 0 Å². The standard InChI is InChI=1S/C20H34N3O3P.Rf/c1-14-11-18-15(2)22-20(27(25)26)12-16(20)9-7-5-4-6-8-10-17(21-3)19(24)23(18)13-14;/h7,9,14,16-18,21-22,27H,2,4-6,8,10-13H2,1,3H3,(H,25,26);/b9-7-;. The maximum Gasteiger partial charge on any atom is 0.240 e. The molecule has 0 bridgehead atoms. The van der Waals surface area contributed by atoms with Gasteiger partial charge in [-0.25, -0.2) is 0 Å². The Balaban J connectivity index is 0.00000280. The zero-order chi connectivity index (χ0) is 19.6. The van der Waals surface area contributed by atoms with Gasteiger partial charge in [-0.3, -0.25) is 9.36 Å². The molecule has 2 fully saturated rings.